The summed E-state index contributed by atoms with van der Waals surface area (Å²) >= 11 is 0. The second-order valence-corrected chi connectivity index (χ2v) is 21.3. The van der Waals surface area contributed by atoms with Gasteiger partial charge in [0, 0.05) is 19.4 Å². The zero-order valence-electron chi connectivity index (χ0n) is 50.7. The van der Waals surface area contributed by atoms with Crippen LogP contribution in [-0.4, -0.2) is 49.3 Å². The summed E-state index contributed by atoms with van der Waals surface area (Å²) in [6.45, 7) is 3.46. The van der Waals surface area contributed by atoms with Gasteiger partial charge in [0.25, 0.3) is 0 Å². The summed E-state index contributed by atoms with van der Waals surface area (Å²) in [5.41, 5.74) is 5.39. The summed E-state index contributed by atoms with van der Waals surface area (Å²) in [5, 5.41) is 0. The lowest BCUT2D eigenvalue weighted by molar-refractivity contribution is -0.161. The molecule has 10 heteroatoms. The van der Waals surface area contributed by atoms with E-state index in [1.165, 1.54) is 25.7 Å². The minimum Gasteiger partial charge on any atom is -0.462 e. The van der Waals surface area contributed by atoms with Crippen LogP contribution in [0.1, 0.15) is 219 Å². The van der Waals surface area contributed by atoms with Crippen LogP contribution < -0.4 is 5.73 Å². The highest BCUT2D eigenvalue weighted by molar-refractivity contribution is 7.47. The van der Waals surface area contributed by atoms with E-state index in [9.17, 15) is 19.0 Å². The maximum atomic E-state index is 12.7. The number of nitrogens with two attached hydrogens (primary N) is 1. The topological polar surface area (TPSA) is 134 Å². The fraction of sp³-hybridized carbons (Fsp3) is 0.549. The van der Waals surface area contributed by atoms with Gasteiger partial charge in [-0.1, -0.05) is 254 Å². The molecule has 0 saturated carbocycles. The third-order valence-electron chi connectivity index (χ3n) is 12.3. The van der Waals surface area contributed by atoms with E-state index >= 15 is 0 Å². The Morgan fingerprint density at radius 2 is 0.642 bits per heavy atom. The first kappa shape index (κ1) is 76.1. The van der Waals surface area contributed by atoms with Gasteiger partial charge in [0.05, 0.1) is 13.2 Å². The summed E-state index contributed by atoms with van der Waals surface area (Å²) in [4.78, 5) is 35.3. The molecule has 0 spiro atoms. The molecule has 0 amide bonds. The standard InChI is InChI=1S/C71H112NO8P/c1-3-5-7-9-11-13-15-17-19-21-23-25-27-29-31-32-33-34-35-36-38-40-42-44-46-48-50-52-54-56-58-60-62-64-71(74)80-69(68-79-81(75,76)78-66-65-72)67-77-70(73)63-61-59-57-55-53-51-49-47-45-43-41-39-37-30-28-26-24-22-20-18-16-14-12-10-8-6-4-2/h5-8,11-14,17-20,23-26,29-31,33-34,36-38,41-44,48,50,69H,3-4,9-10,15-16,21-22,27-28,32,35,39-40,45-47,49,51-68,72H2,1-2H3,(H,75,76)/b7-5-,8-6-,13-11-,14-12-,19-17-,20-18-,25-23-,26-24-,31-29-,34-33-,37-30-,38-36-,43-41-,44-42-,50-48-. The highest BCUT2D eigenvalue weighted by atomic mass is 31.2. The van der Waals surface area contributed by atoms with Crippen LogP contribution in [0.25, 0.3) is 0 Å². The van der Waals surface area contributed by atoms with E-state index in [0.717, 1.165) is 154 Å². The third kappa shape index (κ3) is 64.1. The lowest BCUT2D eigenvalue weighted by atomic mass is 10.1. The Hall–Kier alpha value is -4.89. The summed E-state index contributed by atoms with van der Waals surface area (Å²) in [6.07, 6.45) is 96.6. The van der Waals surface area contributed by atoms with Crippen molar-refractivity contribution in [1.29, 1.82) is 0 Å². The highest BCUT2D eigenvalue weighted by Crippen LogP contribution is 2.43. The summed E-state index contributed by atoms with van der Waals surface area (Å²) in [5.74, 6) is -0.875. The average molecular weight is 1140 g/mol. The van der Waals surface area contributed by atoms with Crippen molar-refractivity contribution in [3.63, 3.8) is 0 Å². The van der Waals surface area contributed by atoms with Gasteiger partial charge in [-0.3, -0.25) is 18.6 Å². The molecule has 2 atom stereocenters. The SMILES string of the molecule is CC/C=C\C/C=C\C/C=C\C/C=C\C/C=C\C/C=C\C/C=C\C/C=C\C/C=C\CCCCCCCC(=O)OC(COC(=O)CCCCCCCCCC/C=C\C/C=C\C/C=C\C/C=C\C/C=C\C/C=C\CC)COP(=O)(O)OCCN. The van der Waals surface area contributed by atoms with Crippen LogP contribution in [0.3, 0.4) is 0 Å². The molecule has 0 aromatic carbocycles. The molecule has 0 aliphatic rings. The van der Waals surface area contributed by atoms with Gasteiger partial charge < -0.3 is 20.1 Å². The quantitative estimate of drug-likeness (QED) is 0.0264. The Balaban J connectivity index is 4.10. The maximum Gasteiger partial charge on any atom is 0.472 e. The molecule has 0 radical (unpaired) electrons. The number of carbonyl (C=O) groups excluding carboxylic acids is 2. The summed E-state index contributed by atoms with van der Waals surface area (Å²) < 4.78 is 33.1. The van der Waals surface area contributed by atoms with Gasteiger partial charge >= 0.3 is 19.8 Å². The van der Waals surface area contributed by atoms with E-state index in [-0.39, 0.29) is 32.6 Å². The Morgan fingerprint density at radius 1 is 0.370 bits per heavy atom. The molecule has 0 fully saturated rings. The van der Waals surface area contributed by atoms with Crippen molar-refractivity contribution in [2.24, 2.45) is 5.73 Å². The summed E-state index contributed by atoms with van der Waals surface area (Å²) in [6, 6.07) is 0. The first-order valence-electron chi connectivity index (χ1n) is 31.3. The number of phosphoric ester groups is 1. The lowest BCUT2D eigenvalue weighted by Crippen LogP contribution is -2.29. The average Bonchev–Trinajstić information content (AvgIpc) is 3.46. The van der Waals surface area contributed by atoms with Crippen molar-refractivity contribution in [3.05, 3.63) is 182 Å². The molecule has 0 aliphatic carbocycles. The number of hydrogen-bond acceptors (Lipinski definition) is 8. The number of phosphoric acid groups is 1. The number of ether oxygens (including phenoxy) is 2. The van der Waals surface area contributed by atoms with Gasteiger partial charge in [-0.25, -0.2) is 4.57 Å². The highest BCUT2D eigenvalue weighted by Gasteiger charge is 2.26. The van der Waals surface area contributed by atoms with Crippen LogP contribution >= 0.6 is 7.82 Å². The van der Waals surface area contributed by atoms with E-state index < -0.39 is 32.5 Å². The van der Waals surface area contributed by atoms with Crippen molar-refractivity contribution in [2.75, 3.05) is 26.4 Å². The molecule has 454 valence electrons. The first-order chi connectivity index (χ1) is 39.8. The van der Waals surface area contributed by atoms with Crippen molar-refractivity contribution < 1.29 is 37.6 Å². The number of carbonyl (C=O) groups is 2. The van der Waals surface area contributed by atoms with Gasteiger partial charge in [-0.05, 0) is 135 Å². The predicted octanol–water partition coefficient (Wildman–Crippen LogP) is 20.4. The molecular formula is C71H112NO8P. The molecule has 0 rings (SSSR count). The minimum absolute atomic E-state index is 0.0380. The van der Waals surface area contributed by atoms with E-state index in [0.29, 0.717) is 12.8 Å². The van der Waals surface area contributed by atoms with Gasteiger partial charge in [-0.2, -0.15) is 0 Å². The first-order valence-corrected chi connectivity index (χ1v) is 32.8. The molecule has 81 heavy (non-hydrogen) atoms. The number of rotatable bonds is 56. The van der Waals surface area contributed by atoms with E-state index in [1.54, 1.807) is 0 Å². The van der Waals surface area contributed by atoms with Crippen LogP contribution in [-0.2, 0) is 32.7 Å². The number of allylic oxidation sites excluding steroid dienone is 30. The third-order valence-corrected chi connectivity index (χ3v) is 13.3. The Kier molecular flexibility index (Phi) is 60.4. The van der Waals surface area contributed by atoms with Crippen LogP contribution in [0, 0.1) is 0 Å². The molecule has 0 aliphatic heterocycles. The number of unbranched alkanes of at least 4 members (excludes halogenated alkanes) is 13. The number of hydrogen-bond donors (Lipinski definition) is 2. The Morgan fingerprint density at radius 3 is 0.951 bits per heavy atom. The Labute approximate surface area is 494 Å². The van der Waals surface area contributed by atoms with Gasteiger partial charge in [-0.15, -0.1) is 0 Å². The van der Waals surface area contributed by atoms with Crippen molar-refractivity contribution in [2.45, 2.75) is 225 Å². The van der Waals surface area contributed by atoms with Gasteiger partial charge in [0.1, 0.15) is 6.61 Å². The molecule has 0 aromatic heterocycles. The monoisotopic (exact) mass is 1140 g/mol. The Bertz CT molecular complexity index is 1980. The zero-order valence-corrected chi connectivity index (χ0v) is 51.6. The van der Waals surface area contributed by atoms with Crippen LogP contribution in [0.4, 0.5) is 0 Å². The fourth-order valence-electron chi connectivity index (χ4n) is 7.75. The molecular weight excluding hydrogens is 1030 g/mol. The molecule has 3 N–H and O–H groups in total. The second kappa shape index (κ2) is 64.3. The molecule has 0 heterocycles. The normalized spacial score (nSPS) is 14.3. The summed E-state index contributed by atoms with van der Waals surface area (Å²) in [7, 11) is -4.41. The van der Waals surface area contributed by atoms with Crippen LogP contribution in [0.15, 0.2) is 182 Å². The van der Waals surface area contributed by atoms with Gasteiger partial charge in [0.2, 0.25) is 0 Å². The van der Waals surface area contributed by atoms with Gasteiger partial charge in [0.15, 0.2) is 6.10 Å². The second-order valence-electron chi connectivity index (χ2n) is 19.8. The molecule has 9 nitrogen and oxygen atoms in total. The maximum absolute atomic E-state index is 12.7. The number of esters is 2. The van der Waals surface area contributed by atoms with E-state index in [1.807, 2.05) is 0 Å². The molecule has 2 unspecified atom stereocenters. The molecule has 0 aromatic rings. The molecule has 0 saturated heterocycles. The largest absolute Gasteiger partial charge is 0.472 e. The fourth-order valence-corrected chi connectivity index (χ4v) is 8.51. The van der Waals surface area contributed by atoms with E-state index in [4.69, 9.17) is 24.3 Å². The molecule has 0 bridgehead atoms. The van der Waals surface area contributed by atoms with Crippen LogP contribution in [0.2, 0.25) is 0 Å². The van der Waals surface area contributed by atoms with Crippen molar-refractivity contribution in [1.82, 2.24) is 0 Å². The van der Waals surface area contributed by atoms with Crippen LogP contribution in [0.5, 0.6) is 0 Å². The lowest BCUT2D eigenvalue weighted by Gasteiger charge is -2.19. The predicted molar refractivity (Wildman–Crippen MR) is 348 cm³/mol. The zero-order chi connectivity index (χ0) is 58.7. The minimum atomic E-state index is -4.41. The van der Waals surface area contributed by atoms with Crippen molar-refractivity contribution >= 4 is 19.8 Å². The van der Waals surface area contributed by atoms with Crippen molar-refractivity contribution in [3.8, 4) is 0 Å². The van der Waals surface area contributed by atoms with E-state index in [2.05, 4.69) is 196 Å². The smallest absolute Gasteiger partial charge is 0.462 e.